The summed E-state index contributed by atoms with van der Waals surface area (Å²) in [5, 5.41) is 3.52. The van der Waals surface area contributed by atoms with Gasteiger partial charge in [0.05, 0.1) is 0 Å². The Kier molecular flexibility index (Phi) is 3.44. The fourth-order valence-corrected chi connectivity index (χ4v) is 2.47. The number of nitrogens with one attached hydrogen (secondary N) is 1. The van der Waals surface area contributed by atoms with E-state index in [1.807, 2.05) is 6.20 Å². The van der Waals surface area contributed by atoms with Crippen molar-refractivity contribution in [2.75, 3.05) is 18.5 Å². The molecule has 0 aromatic carbocycles. The van der Waals surface area contributed by atoms with Crippen molar-refractivity contribution in [1.29, 1.82) is 0 Å². The maximum atomic E-state index is 4.65. The first-order valence-corrected chi connectivity index (χ1v) is 7.40. The van der Waals surface area contributed by atoms with Crippen LogP contribution in [-0.4, -0.2) is 29.6 Å². The smallest absolute Gasteiger partial charge is 0.225 e. The van der Waals surface area contributed by atoms with Crippen molar-refractivity contribution >= 4 is 5.95 Å². The third-order valence-electron chi connectivity index (χ3n) is 4.35. The molecule has 2 aliphatic rings. The Morgan fingerprint density at radius 2 is 2.16 bits per heavy atom. The fourth-order valence-electron chi connectivity index (χ4n) is 2.47. The van der Waals surface area contributed by atoms with E-state index in [1.165, 1.54) is 24.8 Å². The minimum atomic E-state index is 0.734. The molecule has 4 nitrogen and oxygen atoms in total. The van der Waals surface area contributed by atoms with Gasteiger partial charge in [0.25, 0.3) is 0 Å². The highest BCUT2D eigenvalue weighted by Crippen LogP contribution is 2.38. The van der Waals surface area contributed by atoms with E-state index < -0.39 is 0 Å². The van der Waals surface area contributed by atoms with Crippen LogP contribution in [0.4, 0.5) is 5.95 Å². The van der Waals surface area contributed by atoms with E-state index >= 15 is 0 Å². The molecule has 1 N–H and O–H groups in total. The van der Waals surface area contributed by atoms with Gasteiger partial charge in [-0.2, -0.15) is 0 Å². The van der Waals surface area contributed by atoms with Crippen LogP contribution >= 0.6 is 0 Å². The molecule has 4 heteroatoms. The number of nitrogens with zero attached hydrogens (tertiary/aromatic N) is 3. The summed E-state index contributed by atoms with van der Waals surface area (Å²) in [6.45, 7) is 6.39. The Morgan fingerprint density at radius 1 is 1.42 bits per heavy atom. The lowest BCUT2D eigenvalue weighted by molar-refractivity contribution is 0.675. The zero-order chi connectivity index (χ0) is 13.4. The largest absolute Gasteiger partial charge is 0.344 e. The van der Waals surface area contributed by atoms with Crippen LogP contribution in [0.15, 0.2) is 6.20 Å². The Morgan fingerprint density at radius 3 is 2.74 bits per heavy atom. The molecule has 2 unspecified atom stereocenters. The molecule has 2 aliphatic carbocycles. The average molecular weight is 260 g/mol. The van der Waals surface area contributed by atoms with Gasteiger partial charge < -0.3 is 10.2 Å². The highest BCUT2D eigenvalue weighted by Gasteiger charge is 2.33. The molecule has 104 valence electrons. The molecule has 0 spiro atoms. The van der Waals surface area contributed by atoms with Gasteiger partial charge in [-0.1, -0.05) is 6.92 Å². The second kappa shape index (κ2) is 5.08. The van der Waals surface area contributed by atoms with Crippen molar-refractivity contribution in [2.45, 2.75) is 45.7 Å². The van der Waals surface area contributed by atoms with E-state index in [9.17, 15) is 0 Å². The van der Waals surface area contributed by atoms with E-state index in [1.54, 1.807) is 0 Å². The highest BCUT2D eigenvalue weighted by molar-refractivity contribution is 5.32. The molecule has 1 heterocycles. The Balaban J connectivity index is 1.60. The van der Waals surface area contributed by atoms with Gasteiger partial charge >= 0.3 is 0 Å². The Hall–Kier alpha value is -1.16. The van der Waals surface area contributed by atoms with Gasteiger partial charge in [-0.3, -0.25) is 0 Å². The molecular formula is C15H24N4. The Bertz CT molecular complexity index is 455. The molecule has 0 aliphatic heterocycles. The van der Waals surface area contributed by atoms with Crippen LogP contribution in [0.25, 0.3) is 0 Å². The van der Waals surface area contributed by atoms with Gasteiger partial charge in [0.2, 0.25) is 5.95 Å². The van der Waals surface area contributed by atoms with Gasteiger partial charge in [-0.15, -0.1) is 0 Å². The summed E-state index contributed by atoms with van der Waals surface area (Å²) in [6.07, 6.45) is 5.98. The third kappa shape index (κ3) is 3.24. The monoisotopic (exact) mass is 260 g/mol. The molecule has 1 aromatic heterocycles. The van der Waals surface area contributed by atoms with E-state index in [0.29, 0.717) is 0 Å². The lowest BCUT2D eigenvalue weighted by atomic mass is 10.2. The standard InChI is InChI=1S/C15H24N4/c1-10-6-12(10)9-19(3)15-17-8-13(11(2)18-15)7-16-14-4-5-14/h8,10,12,14,16H,4-7,9H2,1-3H3. The molecule has 2 atom stereocenters. The van der Waals surface area contributed by atoms with Crippen LogP contribution in [0.1, 0.15) is 37.4 Å². The van der Waals surface area contributed by atoms with Gasteiger partial charge in [0.15, 0.2) is 0 Å². The van der Waals surface area contributed by atoms with Crippen LogP contribution in [0.5, 0.6) is 0 Å². The molecule has 19 heavy (non-hydrogen) atoms. The second-order valence-electron chi connectivity index (χ2n) is 6.29. The molecule has 0 radical (unpaired) electrons. The number of hydrogen-bond acceptors (Lipinski definition) is 4. The predicted molar refractivity (Wildman–Crippen MR) is 77.2 cm³/mol. The molecule has 2 fully saturated rings. The first kappa shape index (κ1) is 12.9. The summed E-state index contributed by atoms with van der Waals surface area (Å²) in [4.78, 5) is 11.4. The molecule has 0 amide bonds. The maximum absolute atomic E-state index is 4.65. The Labute approximate surface area is 115 Å². The molecule has 1 aromatic rings. The van der Waals surface area contributed by atoms with Crippen molar-refractivity contribution in [2.24, 2.45) is 11.8 Å². The zero-order valence-electron chi connectivity index (χ0n) is 12.2. The SMILES string of the molecule is Cc1nc(N(C)CC2CC2C)ncc1CNC1CC1. The minimum Gasteiger partial charge on any atom is -0.344 e. The quantitative estimate of drug-likeness (QED) is 0.850. The second-order valence-corrected chi connectivity index (χ2v) is 6.29. The number of rotatable bonds is 6. The summed E-state index contributed by atoms with van der Waals surface area (Å²) in [5.74, 6) is 2.59. The van der Waals surface area contributed by atoms with Gasteiger partial charge in [-0.25, -0.2) is 9.97 Å². The van der Waals surface area contributed by atoms with Crippen molar-refractivity contribution in [3.63, 3.8) is 0 Å². The average Bonchev–Trinajstić information content (AvgIpc) is 3.28. The van der Waals surface area contributed by atoms with Crippen LogP contribution in [0.2, 0.25) is 0 Å². The molecule has 2 saturated carbocycles. The van der Waals surface area contributed by atoms with E-state index in [0.717, 1.165) is 42.6 Å². The fraction of sp³-hybridized carbons (Fsp3) is 0.733. The van der Waals surface area contributed by atoms with Crippen molar-refractivity contribution < 1.29 is 0 Å². The summed E-state index contributed by atoms with van der Waals surface area (Å²) in [6, 6.07) is 0.734. The molecule has 3 rings (SSSR count). The van der Waals surface area contributed by atoms with E-state index in [-0.39, 0.29) is 0 Å². The minimum absolute atomic E-state index is 0.734. The van der Waals surface area contributed by atoms with E-state index in [2.05, 4.69) is 41.1 Å². The van der Waals surface area contributed by atoms with E-state index in [4.69, 9.17) is 0 Å². The first-order chi connectivity index (χ1) is 9.13. The van der Waals surface area contributed by atoms with Crippen molar-refractivity contribution in [1.82, 2.24) is 15.3 Å². The number of aryl methyl sites for hydroxylation is 1. The van der Waals surface area contributed by atoms with Crippen LogP contribution in [-0.2, 0) is 6.54 Å². The molecule has 0 saturated heterocycles. The highest BCUT2D eigenvalue weighted by atomic mass is 15.2. The third-order valence-corrected chi connectivity index (χ3v) is 4.35. The number of hydrogen-bond donors (Lipinski definition) is 1. The predicted octanol–water partition coefficient (Wildman–Crippen LogP) is 2.13. The summed E-state index contributed by atoms with van der Waals surface area (Å²) < 4.78 is 0. The van der Waals surface area contributed by atoms with Crippen LogP contribution < -0.4 is 10.2 Å². The molecular weight excluding hydrogens is 236 g/mol. The van der Waals surface area contributed by atoms with Gasteiger partial charge in [-0.05, 0) is 38.0 Å². The lowest BCUT2D eigenvalue weighted by Crippen LogP contribution is -2.24. The van der Waals surface area contributed by atoms with Crippen molar-refractivity contribution in [3.05, 3.63) is 17.5 Å². The number of anilines is 1. The van der Waals surface area contributed by atoms with Gasteiger partial charge in [0, 0.05) is 43.6 Å². The first-order valence-electron chi connectivity index (χ1n) is 7.40. The molecule has 0 bridgehead atoms. The summed E-state index contributed by atoms with van der Waals surface area (Å²) >= 11 is 0. The normalized spacial score (nSPS) is 25.4. The van der Waals surface area contributed by atoms with Crippen LogP contribution in [0.3, 0.4) is 0 Å². The van der Waals surface area contributed by atoms with Crippen LogP contribution in [0, 0.1) is 18.8 Å². The van der Waals surface area contributed by atoms with Gasteiger partial charge in [0.1, 0.15) is 0 Å². The van der Waals surface area contributed by atoms with Crippen molar-refractivity contribution in [3.8, 4) is 0 Å². The summed E-state index contributed by atoms with van der Waals surface area (Å²) in [7, 11) is 2.10. The maximum Gasteiger partial charge on any atom is 0.225 e. The summed E-state index contributed by atoms with van der Waals surface area (Å²) in [5.41, 5.74) is 2.33. The zero-order valence-corrected chi connectivity index (χ0v) is 12.2. The number of aromatic nitrogens is 2. The lowest BCUT2D eigenvalue weighted by Gasteiger charge is -2.18. The topological polar surface area (TPSA) is 41.1 Å².